The first-order valence-corrected chi connectivity index (χ1v) is 13.1. The Morgan fingerprint density at radius 1 is 0.395 bits per heavy atom. The molecule has 0 unspecified atom stereocenters. The highest BCUT2D eigenvalue weighted by Crippen LogP contribution is 2.36. The van der Waals surface area contributed by atoms with Crippen LogP contribution in [0.25, 0.3) is 50.5 Å². The molecule has 0 aliphatic rings. The maximum atomic E-state index is 2.47. The minimum Gasteiger partial charge on any atom is -0.152 e. The Hall–Kier alpha value is -4.75. The van der Waals surface area contributed by atoms with E-state index >= 15 is 0 Å². The third-order valence-corrected chi connectivity index (χ3v) is 7.34. The molecule has 0 amide bonds. The highest BCUT2D eigenvalue weighted by Gasteiger charge is 2.29. The minimum atomic E-state index is 1.17. The Labute approximate surface area is 225 Å². The predicted octanol–water partition coefficient (Wildman–Crippen LogP) is 9.25. The summed E-state index contributed by atoms with van der Waals surface area (Å²) in [6, 6.07) is 52.0. The van der Waals surface area contributed by atoms with Gasteiger partial charge in [0.15, 0.2) is 0 Å². The molecule has 0 saturated heterocycles. The Balaban J connectivity index is 1.75. The molecule has 6 rings (SSSR count). The van der Waals surface area contributed by atoms with Gasteiger partial charge in [0, 0.05) is 34.4 Å². The van der Waals surface area contributed by atoms with Crippen LogP contribution >= 0.6 is 0 Å². The van der Waals surface area contributed by atoms with Gasteiger partial charge in [0.05, 0.1) is 0 Å². The molecule has 1 nitrogen and oxygen atoms in total. The van der Waals surface area contributed by atoms with Gasteiger partial charge in [0.1, 0.15) is 0 Å². The summed E-state index contributed by atoms with van der Waals surface area (Å²) in [7, 11) is 0. The molecule has 38 heavy (non-hydrogen) atoms. The number of hydrogen-bond donors (Lipinski definition) is 0. The van der Waals surface area contributed by atoms with Crippen molar-refractivity contribution in [2.24, 2.45) is 0 Å². The zero-order valence-electron chi connectivity index (χ0n) is 21.8. The number of aromatic nitrogens is 1. The molecule has 1 heterocycles. The summed E-state index contributed by atoms with van der Waals surface area (Å²) in [4.78, 5) is 0. The van der Waals surface area contributed by atoms with Gasteiger partial charge in [-0.3, -0.25) is 0 Å². The fourth-order valence-electron chi connectivity index (χ4n) is 5.45. The van der Waals surface area contributed by atoms with Gasteiger partial charge < -0.3 is 0 Å². The standard InChI is InChI=1S/C37H30N/c1-27-33(29-16-7-3-8-17-29)24-15-25-35(27)38-36(31-20-11-5-12-21-31)26-34(30-18-9-4-10-19-30)28(2)37(38)32-22-13-6-14-23-32/h3-26H,1-2H3/q+1. The highest BCUT2D eigenvalue weighted by atomic mass is 15.0. The lowest BCUT2D eigenvalue weighted by atomic mass is 9.92. The smallest absolute Gasteiger partial charge is 0.152 e. The van der Waals surface area contributed by atoms with Crippen molar-refractivity contribution in [3.63, 3.8) is 0 Å². The third-order valence-electron chi connectivity index (χ3n) is 7.34. The molecule has 0 spiro atoms. The summed E-state index contributed by atoms with van der Waals surface area (Å²) < 4.78 is 2.47. The van der Waals surface area contributed by atoms with E-state index < -0.39 is 0 Å². The molecule has 5 aromatic carbocycles. The molecule has 0 fully saturated rings. The van der Waals surface area contributed by atoms with E-state index in [9.17, 15) is 0 Å². The molecular formula is C37H30N+. The second kappa shape index (κ2) is 10.3. The second-order valence-corrected chi connectivity index (χ2v) is 9.67. The number of rotatable bonds is 5. The zero-order chi connectivity index (χ0) is 25.9. The van der Waals surface area contributed by atoms with Crippen molar-refractivity contribution in [3.05, 3.63) is 157 Å². The predicted molar refractivity (Wildman–Crippen MR) is 159 cm³/mol. The highest BCUT2D eigenvalue weighted by molar-refractivity contribution is 5.79. The Morgan fingerprint density at radius 3 is 1.42 bits per heavy atom. The molecular weight excluding hydrogens is 458 g/mol. The Morgan fingerprint density at radius 2 is 0.868 bits per heavy atom. The van der Waals surface area contributed by atoms with Crippen LogP contribution < -0.4 is 4.57 Å². The van der Waals surface area contributed by atoms with Crippen LogP contribution in [0, 0.1) is 13.8 Å². The minimum absolute atomic E-state index is 1.17. The van der Waals surface area contributed by atoms with E-state index in [1.165, 1.54) is 61.6 Å². The maximum absolute atomic E-state index is 2.47. The van der Waals surface area contributed by atoms with Crippen LogP contribution in [0.4, 0.5) is 0 Å². The van der Waals surface area contributed by atoms with E-state index in [4.69, 9.17) is 0 Å². The van der Waals surface area contributed by atoms with E-state index in [1.807, 2.05) is 0 Å². The summed E-state index contributed by atoms with van der Waals surface area (Å²) in [5.74, 6) is 0. The van der Waals surface area contributed by atoms with Gasteiger partial charge in [-0.25, -0.2) is 0 Å². The molecule has 0 aliphatic carbocycles. The average molecular weight is 489 g/mol. The maximum Gasteiger partial charge on any atom is 0.222 e. The molecule has 0 aliphatic heterocycles. The van der Waals surface area contributed by atoms with Crippen molar-refractivity contribution in [1.29, 1.82) is 0 Å². The van der Waals surface area contributed by atoms with E-state index in [0.717, 1.165) is 0 Å². The zero-order valence-corrected chi connectivity index (χ0v) is 21.8. The quantitative estimate of drug-likeness (QED) is 0.213. The molecule has 1 aromatic heterocycles. The van der Waals surface area contributed by atoms with E-state index in [1.54, 1.807) is 0 Å². The Kier molecular flexibility index (Phi) is 6.42. The summed E-state index contributed by atoms with van der Waals surface area (Å²) >= 11 is 0. The topological polar surface area (TPSA) is 3.88 Å². The van der Waals surface area contributed by atoms with E-state index in [-0.39, 0.29) is 0 Å². The largest absolute Gasteiger partial charge is 0.222 e. The number of nitrogens with zero attached hydrogens (tertiary/aromatic N) is 1. The van der Waals surface area contributed by atoms with Crippen molar-refractivity contribution in [2.45, 2.75) is 13.8 Å². The summed E-state index contributed by atoms with van der Waals surface area (Å²) in [5.41, 5.74) is 13.4. The lowest BCUT2D eigenvalue weighted by Crippen LogP contribution is -2.38. The van der Waals surface area contributed by atoms with E-state index in [2.05, 4.69) is 164 Å². The first-order valence-electron chi connectivity index (χ1n) is 13.1. The molecule has 0 bridgehead atoms. The first kappa shape index (κ1) is 23.6. The number of benzene rings is 5. The van der Waals surface area contributed by atoms with Crippen LogP contribution in [0.1, 0.15) is 11.1 Å². The molecule has 0 N–H and O–H groups in total. The van der Waals surface area contributed by atoms with Gasteiger partial charge in [0.25, 0.3) is 0 Å². The van der Waals surface area contributed by atoms with Crippen LogP contribution in [0.5, 0.6) is 0 Å². The van der Waals surface area contributed by atoms with Gasteiger partial charge >= 0.3 is 0 Å². The summed E-state index contributed by atoms with van der Waals surface area (Å²) in [6.45, 7) is 4.50. The monoisotopic (exact) mass is 488 g/mol. The first-order chi connectivity index (χ1) is 18.7. The molecule has 6 aromatic rings. The second-order valence-electron chi connectivity index (χ2n) is 9.67. The third kappa shape index (κ3) is 4.33. The molecule has 0 atom stereocenters. The summed E-state index contributed by atoms with van der Waals surface area (Å²) in [6.07, 6.45) is 0. The normalized spacial score (nSPS) is 10.9. The van der Waals surface area contributed by atoms with Gasteiger partial charge in [-0.1, -0.05) is 109 Å². The van der Waals surface area contributed by atoms with Gasteiger partial charge in [-0.15, -0.1) is 0 Å². The van der Waals surface area contributed by atoms with Crippen molar-refractivity contribution in [3.8, 4) is 50.5 Å². The SMILES string of the molecule is Cc1c(-c2ccccc2)cccc1-[n+]1c(-c2ccccc2)cc(-c2ccccc2)c(C)c1-c1ccccc1. The number of hydrogen-bond acceptors (Lipinski definition) is 0. The van der Waals surface area contributed by atoms with Crippen LogP contribution in [0.2, 0.25) is 0 Å². The molecule has 0 radical (unpaired) electrons. The van der Waals surface area contributed by atoms with Gasteiger partial charge in [-0.05, 0) is 60.4 Å². The number of pyridine rings is 1. The fourth-order valence-corrected chi connectivity index (χ4v) is 5.45. The van der Waals surface area contributed by atoms with Crippen LogP contribution in [-0.2, 0) is 0 Å². The lowest BCUT2D eigenvalue weighted by molar-refractivity contribution is -0.572. The molecule has 0 saturated carbocycles. The lowest BCUT2D eigenvalue weighted by Gasteiger charge is -2.18. The molecule has 1 heteroatoms. The fraction of sp³-hybridized carbons (Fsp3) is 0.0541. The van der Waals surface area contributed by atoms with Crippen molar-refractivity contribution in [1.82, 2.24) is 0 Å². The van der Waals surface area contributed by atoms with Crippen molar-refractivity contribution >= 4 is 0 Å². The summed E-state index contributed by atoms with van der Waals surface area (Å²) in [5, 5.41) is 0. The van der Waals surface area contributed by atoms with Crippen molar-refractivity contribution < 1.29 is 4.57 Å². The Bertz CT molecular complexity index is 1690. The van der Waals surface area contributed by atoms with Crippen LogP contribution in [-0.4, -0.2) is 0 Å². The van der Waals surface area contributed by atoms with Gasteiger partial charge in [0.2, 0.25) is 17.1 Å². The van der Waals surface area contributed by atoms with Gasteiger partial charge in [-0.2, -0.15) is 4.57 Å². The molecule has 182 valence electrons. The van der Waals surface area contributed by atoms with E-state index in [0.29, 0.717) is 0 Å². The average Bonchev–Trinajstić information content (AvgIpc) is 2.99. The van der Waals surface area contributed by atoms with Crippen LogP contribution in [0.15, 0.2) is 146 Å². The van der Waals surface area contributed by atoms with Crippen LogP contribution in [0.3, 0.4) is 0 Å². The van der Waals surface area contributed by atoms with Crippen molar-refractivity contribution in [2.75, 3.05) is 0 Å².